The monoisotopic (exact) mass is 307 g/mol. The quantitative estimate of drug-likeness (QED) is 0.869. The third kappa shape index (κ3) is 4.07. The van der Waals surface area contributed by atoms with Crippen molar-refractivity contribution in [3.8, 4) is 5.75 Å². The molecule has 0 bridgehead atoms. The summed E-state index contributed by atoms with van der Waals surface area (Å²) in [5.74, 6) is 0.423. The standard InChI is InChI=1S/C12H18ClNO4S/c1-9(15)6-7-14(2)19(16,17)10-4-5-12(18-3)11(13)8-10/h4-5,8-9,15H,6-7H2,1-3H3. The minimum Gasteiger partial charge on any atom is -0.495 e. The molecule has 0 fully saturated rings. The van der Waals surface area contributed by atoms with Crippen LogP contribution < -0.4 is 4.74 Å². The molecule has 0 aliphatic carbocycles. The molecule has 1 unspecified atom stereocenters. The minimum atomic E-state index is -3.60. The van der Waals surface area contributed by atoms with E-state index in [4.69, 9.17) is 16.3 Å². The van der Waals surface area contributed by atoms with Gasteiger partial charge < -0.3 is 9.84 Å². The summed E-state index contributed by atoms with van der Waals surface area (Å²) in [6.45, 7) is 1.86. The molecule has 0 aromatic heterocycles. The molecule has 1 aromatic carbocycles. The second-order valence-corrected chi connectivity index (χ2v) is 6.71. The number of halogens is 1. The first kappa shape index (κ1) is 16.2. The number of aliphatic hydroxyl groups is 1. The maximum atomic E-state index is 12.2. The lowest BCUT2D eigenvalue weighted by molar-refractivity contribution is 0.177. The lowest BCUT2D eigenvalue weighted by Gasteiger charge is -2.18. The van der Waals surface area contributed by atoms with Gasteiger partial charge in [-0.3, -0.25) is 0 Å². The van der Waals surface area contributed by atoms with Crippen LogP contribution in [0.5, 0.6) is 5.75 Å². The molecule has 1 N–H and O–H groups in total. The molecule has 0 aliphatic rings. The van der Waals surface area contributed by atoms with Gasteiger partial charge in [0.05, 0.1) is 23.1 Å². The number of hydrogen-bond donors (Lipinski definition) is 1. The van der Waals surface area contributed by atoms with Crippen molar-refractivity contribution in [1.82, 2.24) is 4.31 Å². The smallest absolute Gasteiger partial charge is 0.242 e. The Bertz CT molecular complexity index is 531. The Morgan fingerprint density at radius 1 is 1.47 bits per heavy atom. The second kappa shape index (κ2) is 6.56. The van der Waals surface area contributed by atoms with Crippen molar-refractivity contribution in [3.63, 3.8) is 0 Å². The molecule has 0 spiro atoms. The highest BCUT2D eigenvalue weighted by Crippen LogP contribution is 2.28. The van der Waals surface area contributed by atoms with Crippen LogP contribution in [-0.2, 0) is 10.0 Å². The highest BCUT2D eigenvalue weighted by molar-refractivity contribution is 7.89. The molecule has 5 nitrogen and oxygen atoms in total. The van der Waals surface area contributed by atoms with Gasteiger partial charge in [-0.05, 0) is 31.5 Å². The predicted molar refractivity (Wildman–Crippen MR) is 74.1 cm³/mol. The van der Waals surface area contributed by atoms with Crippen molar-refractivity contribution < 1.29 is 18.3 Å². The number of benzene rings is 1. The Morgan fingerprint density at radius 3 is 2.58 bits per heavy atom. The maximum Gasteiger partial charge on any atom is 0.242 e. The van der Waals surface area contributed by atoms with Gasteiger partial charge in [-0.15, -0.1) is 0 Å². The molecule has 0 radical (unpaired) electrons. The van der Waals surface area contributed by atoms with E-state index in [-0.39, 0.29) is 16.5 Å². The van der Waals surface area contributed by atoms with Crippen LogP contribution in [0.15, 0.2) is 23.1 Å². The average molecular weight is 308 g/mol. The lowest BCUT2D eigenvalue weighted by Crippen LogP contribution is -2.29. The molecule has 1 aromatic rings. The third-order valence-corrected chi connectivity index (χ3v) is 4.84. The van der Waals surface area contributed by atoms with E-state index >= 15 is 0 Å². The van der Waals surface area contributed by atoms with E-state index in [0.717, 1.165) is 0 Å². The van der Waals surface area contributed by atoms with Crippen LogP contribution in [0.1, 0.15) is 13.3 Å². The van der Waals surface area contributed by atoms with Crippen LogP contribution in [0, 0.1) is 0 Å². The average Bonchev–Trinajstić information content (AvgIpc) is 2.35. The van der Waals surface area contributed by atoms with Crippen molar-refractivity contribution in [3.05, 3.63) is 23.2 Å². The van der Waals surface area contributed by atoms with Gasteiger partial charge in [-0.2, -0.15) is 0 Å². The summed E-state index contributed by atoms with van der Waals surface area (Å²) in [4.78, 5) is 0.103. The molecule has 7 heteroatoms. The van der Waals surface area contributed by atoms with Crippen LogP contribution in [0.2, 0.25) is 5.02 Å². The van der Waals surface area contributed by atoms with Crippen LogP contribution in [0.4, 0.5) is 0 Å². The summed E-state index contributed by atoms with van der Waals surface area (Å²) in [5, 5.41) is 9.43. The Hall–Kier alpha value is -0.820. The van der Waals surface area contributed by atoms with Crippen molar-refractivity contribution in [1.29, 1.82) is 0 Å². The predicted octanol–water partition coefficient (Wildman–Crippen LogP) is 1.74. The summed E-state index contributed by atoms with van der Waals surface area (Å²) in [6.07, 6.45) is -0.170. The Balaban J connectivity index is 2.96. The number of rotatable bonds is 6. The van der Waals surface area contributed by atoms with Crippen LogP contribution in [-0.4, -0.2) is 44.6 Å². The lowest BCUT2D eigenvalue weighted by atomic mass is 10.3. The molecule has 0 heterocycles. The van der Waals surface area contributed by atoms with E-state index in [2.05, 4.69) is 0 Å². The fraction of sp³-hybridized carbons (Fsp3) is 0.500. The molecule has 1 rings (SSSR count). The topological polar surface area (TPSA) is 66.8 Å². The van der Waals surface area contributed by atoms with E-state index in [0.29, 0.717) is 12.2 Å². The summed E-state index contributed by atoms with van der Waals surface area (Å²) >= 11 is 5.92. The van der Waals surface area contributed by atoms with Crippen LogP contribution in [0.3, 0.4) is 0 Å². The molecule has 0 saturated carbocycles. The maximum absolute atomic E-state index is 12.2. The molecule has 0 aliphatic heterocycles. The molecular formula is C12H18ClNO4S. The van der Waals surface area contributed by atoms with E-state index in [1.807, 2.05) is 0 Å². The first-order valence-electron chi connectivity index (χ1n) is 5.77. The molecule has 1 atom stereocenters. The summed E-state index contributed by atoms with van der Waals surface area (Å²) < 4.78 is 30.7. The van der Waals surface area contributed by atoms with Gasteiger partial charge >= 0.3 is 0 Å². The van der Waals surface area contributed by atoms with Gasteiger partial charge in [0.1, 0.15) is 5.75 Å². The van der Waals surface area contributed by atoms with Gasteiger partial charge in [0, 0.05) is 13.6 Å². The summed E-state index contributed by atoms with van der Waals surface area (Å²) in [7, 11) is -0.669. The Morgan fingerprint density at radius 2 is 2.11 bits per heavy atom. The second-order valence-electron chi connectivity index (χ2n) is 4.26. The Labute approximate surface area is 118 Å². The van der Waals surface area contributed by atoms with Gasteiger partial charge in [0.2, 0.25) is 10.0 Å². The SMILES string of the molecule is COc1ccc(S(=O)(=O)N(C)CCC(C)O)cc1Cl. The number of hydrogen-bond acceptors (Lipinski definition) is 4. The molecular weight excluding hydrogens is 290 g/mol. The van der Waals surface area contributed by atoms with Crippen molar-refractivity contribution in [2.24, 2.45) is 0 Å². The van der Waals surface area contributed by atoms with Gasteiger partial charge in [0.25, 0.3) is 0 Å². The normalized spacial score (nSPS) is 13.6. The molecule has 0 amide bonds. The number of ether oxygens (including phenoxy) is 1. The number of aliphatic hydroxyl groups excluding tert-OH is 1. The Kier molecular flexibility index (Phi) is 5.61. The fourth-order valence-electron chi connectivity index (χ4n) is 1.48. The van der Waals surface area contributed by atoms with E-state index in [9.17, 15) is 13.5 Å². The molecule has 0 saturated heterocycles. The number of methoxy groups -OCH3 is 1. The van der Waals surface area contributed by atoms with Crippen LogP contribution >= 0.6 is 11.6 Å². The van der Waals surface area contributed by atoms with Crippen molar-refractivity contribution >= 4 is 21.6 Å². The van der Waals surface area contributed by atoms with Gasteiger partial charge in [0.15, 0.2) is 0 Å². The number of sulfonamides is 1. The van der Waals surface area contributed by atoms with E-state index in [1.54, 1.807) is 6.92 Å². The highest BCUT2D eigenvalue weighted by atomic mass is 35.5. The first-order chi connectivity index (χ1) is 8.78. The van der Waals surface area contributed by atoms with Crippen molar-refractivity contribution in [2.45, 2.75) is 24.3 Å². The van der Waals surface area contributed by atoms with E-state index in [1.165, 1.54) is 36.7 Å². The largest absolute Gasteiger partial charge is 0.495 e. The molecule has 19 heavy (non-hydrogen) atoms. The zero-order valence-corrected chi connectivity index (χ0v) is 12.7. The molecule has 108 valence electrons. The van der Waals surface area contributed by atoms with Crippen LogP contribution in [0.25, 0.3) is 0 Å². The zero-order chi connectivity index (χ0) is 14.6. The zero-order valence-electron chi connectivity index (χ0n) is 11.1. The van der Waals surface area contributed by atoms with Crippen molar-refractivity contribution in [2.75, 3.05) is 20.7 Å². The summed E-state index contributed by atoms with van der Waals surface area (Å²) in [5.41, 5.74) is 0. The van der Waals surface area contributed by atoms with Gasteiger partial charge in [-0.25, -0.2) is 12.7 Å². The number of nitrogens with zero attached hydrogens (tertiary/aromatic N) is 1. The summed E-state index contributed by atoms with van der Waals surface area (Å²) in [6, 6.07) is 4.31. The minimum absolute atomic E-state index is 0.103. The third-order valence-electron chi connectivity index (χ3n) is 2.69. The van der Waals surface area contributed by atoms with Gasteiger partial charge in [-0.1, -0.05) is 11.6 Å². The van der Waals surface area contributed by atoms with E-state index < -0.39 is 16.1 Å². The fourth-order valence-corrected chi connectivity index (χ4v) is 3.01. The first-order valence-corrected chi connectivity index (χ1v) is 7.58. The highest BCUT2D eigenvalue weighted by Gasteiger charge is 2.21.